The normalized spacial score (nSPS) is 20.3. The van der Waals surface area contributed by atoms with E-state index in [1.165, 1.54) is 4.90 Å². The molecule has 1 saturated heterocycles. The van der Waals surface area contributed by atoms with E-state index in [9.17, 15) is 14.4 Å². The summed E-state index contributed by atoms with van der Waals surface area (Å²) >= 11 is 0. The third-order valence-corrected chi connectivity index (χ3v) is 3.68. The minimum Gasteiger partial charge on any atom is -0.465 e. The summed E-state index contributed by atoms with van der Waals surface area (Å²) in [6.45, 7) is 12.3. The summed E-state index contributed by atoms with van der Waals surface area (Å²) in [6, 6.07) is -0.139. The molecule has 0 aromatic rings. The first-order chi connectivity index (χ1) is 12.2. The highest BCUT2D eigenvalue weighted by atomic mass is 16.6. The van der Waals surface area contributed by atoms with Crippen molar-refractivity contribution >= 4 is 18.3 Å². The molecule has 156 valence electrons. The smallest absolute Gasteiger partial charge is 0.419 e. The van der Waals surface area contributed by atoms with Crippen LogP contribution in [0.5, 0.6) is 0 Å². The van der Waals surface area contributed by atoms with Gasteiger partial charge in [0.25, 0.3) is 0 Å². The number of likely N-dealkylation sites (tertiary alicyclic amines) is 1. The summed E-state index contributed by atoms with van der Waals surface area (Å²) in [5.41, 5.74) is -1.53. The van der Waals surface area contributed by atoms with Gasteiger partial charge in [-0.05, 0) is 54.9 Å². The van der Waals surface area contributed by atoms with Crippen LogP contribution in [0.4, 0.5) is 14.4 Å². The van der Waals surface area contributed by atoms with Crippen LogP contribution in [-0.4, -0.2) is 76.2 Å². The number of carbonyl (C=O) groups is 3. The molecule has 1 N–H and O–H groups in total. The molecule has 27 heavy (non-hydrogen) atoms. The number of hydrogen-bond acceptors (Lipinski definition) is 6. The van der Waals surface area contributed by atoms with Gasteiger partial charge in [0.05, 0.1) is 25.8 Å². The molecule has 0 radical (unpaired) electrons. The molecule has 0 aromatic heterocycles. The fourth-order valence-corrected chi connectivity index (χ4v) is 2.57. The van der Waals surface area contributed by atoms with Gasteiger partial charge in [0.1, 0.15) is 11.2 Å². The molecule has 9 nitrogen and oxygen atoms in total. The number of amides is 3. The van der Waals surface area contributed by atoms with Gasteiger partial charge in [0, 0.05) is 6.04 Å². The van der Waals surface area contributed by atoms with Crippen LogP contribution in [0.1, 0.15) is 54.9 Å². The number of ether oxygens (including phenoxy) is 3. The van der Waals surface area contributed by atoms with Crippen molar-refractivity contribution in [2.45, 2.75) is 78.2 Å². The second-order valence-electron chi connectivity index (χ2n) is 8.62. The summed E-state index contributed by atoms with van der Waals surface area (Å²) in [5, 5.41) is 9.12. The van der Waals surface area contributed by atoms with Crippen molar-refractivity contribution in [2.24, 2.45) is 0 Å². The molecule has 0 aliphatic carbocycles. The Bertz CT molecular complexity index is 523. The molecule has 1 fully saturated rings. The molecule has 9 heteroatoms. The number of imide groups is 1. The molecule has 0 spiro atoms. The van der Waals surface area contributed by atoms with Crippen molar-refractivity contribution in [3.05, 3.63) is 0 Å². The van der Waals surface area contributed by atoms with Gasteiger partial charge in [-0.25, -0.2) is 19.3 Å². The highest BCUT2D eigenvalue weighted by Gasteiger charge is 2.34. The lowest BCUT2D eigenvalue weighted by atomic mass is 10.2. The van der Waals surface area contributed by atoms with Crippen molar-refractivity contribution in [1.29, 1.82) is 0 Å². The lowest BCUT2D eigenvalue weighted by Gasteiger charge is -2.28. The molecule has 0 saturated carbocycles. The van der Waals surface area contributed by atoms with Crippen LogP contribution in [0.15, 0.2) is 0 Å². The van der Waals surface area contributed by atoms with E-state index < -0.39 is 29.5 Å². The van der Waals surface area contributed by atoms with Gasteiger partial charge in [-0.15, -0.1) is 0 Å². The van der Waals surface area contributed by atoms with Gasteiger partial charge in [-0.1, -0.05) is 0 Å². The van der Waals surface area contributed by atoms with Crippen LogP contribution >= 0.6 is 0 Å². The van der Waals surface area contributed by atoms with E-state index in [4.69, 9.17) is 19.3 Å². The van der Waals surface area contributed by atoms with Crippen molar-refractivity contribution in [2.75, 3.05) is 19.7 Å². The van der Waals surface area contributed by atoms with Crippen LogP contribution in [0, 0.1) is 0 Å². The second kappa shape index (κ2) is 8.77. The SMILES string of the molecule is C[C@@H]1C[C@@H](OCCN(C(=O)OC(C)(C)C)C(=O)OC(C)(C)C)CN1C(=O)O. The molecule has 1 aliphatic heterocycles. The first kappa shape index (κ1) is 23.0. The highest BCUT2D eigenvalue weighted by Crippen LogP contribution is 2.20. The summed E-state index contributed by atoms with van der Waals surface area (Å²) < 4.78 is 16.2. The Balaban J connectivity index is 2.67. The zero-order valence-electron chi connectivity index (χ0n) is 17.3. The van der Waals surface area contributed by atoms with Gasteiger partial charge in [-0.3, -0.25) is 0 Å². The van der Waals surface area contributed by atoms with Gasteiger partial charge < -0.3 is 24.2 Å². The topological polar surface area (TPSA) is 106 Å². The van der Waals surface area contributed by atoms with Crippen LogP contribution in [0.3, 0.4) is 0 Å². The van der Waals surface area contributed by atoms with Crippen LogP contribution < -0.4 is 0 Å². The molecule has 0 bridgehead atoms. The zero-order chi connectivity index (χ0) is 21.0. The maximum atomic E-state index is 12.4. The van der Waals surface area contributed by atoms with Crippen LogP contribution in [0.25, 0.3) is 0 Å². The fraction of sp³-hybridized carbons (Fsp3) is 0.833. The molecular weight excluding hydrogens is 356 g/mol. The quantitative estimate of drug-likeness (QED) is 0.787. The minimum atomic E-state index is -0.988. The predicted molar refractivity (Wildman–Crippen MR) is 97.7 cm³/mol. The monoisotopic (exact) mass is 388 g/mol. The Morgan fingerprint density at radius 2 is 1.52 bits per heavy atom. The summed E-state index contributed by atoms with van der Waals surface area (Å²) in [5.74, 6) is 0. The fourth-order valence-electron chi connectivity index (χ4n) is 2.57. The summed E-state index contributed by atoms with van der Waals surface area (Å²) in [7, 11) is 0. The average Bonchev–Trinajstić information content (AvgIpc) is 2.80. The Hall–Kier alpha value is -2.03. The number of carbonyl (C=O) groups excluding carboxylic acids is 2. The molecule has 0 unspecified atom stereocenters. The Morgan fingerprint density at radius 3 is 1.89 bits per heavy atom. The zero-order valence-corrected chi connectivity index (χ0v) is 17.3. The van der Waals surface area contributed by atoms with E-state index in [1.807, 2.05) is 6.92 Å². The lowest BCUT2D eigenvalue weighted by Crippen LogP contribution is -2.45. The van der Waals surface area contributed by atoms with Crippen molar-refractivity contribution < 1.29 is 33.7 Å². The molecule has 1 aliphatic rings. The molecular formula is C18H32N2O7. The predicted octanol–water partition coefficient (Wildman–Crippen LogP) is 3.32. The van der Waals surface area contributed by atoms with E-state index in [1.54, 1.807) is 41.5 Å². The van der Waals surface area contributed by atoms with Gasteiger partial charge in [-0.2, -0.15) is 0 Å². The van der Waals surface area contributed by atoms with Gasteiger partial charge >= 0.3 is 18.3 Å². The largest absolute Gasteiger partial charge is 0.465 e. The van der Waals surface area contributed by atoms with E-state index in [2.05, 4.69) is 0 Å². The maximum Gasteiger partial charge on any atom is 0.419 e. The van der Waals surface area contributed by atoms with Crippen molar-refractivity contribution in [3.8, 4) is 0 Å². The minimum absolute atomic E-state index is 0.0538. The third kappa shape index (κ3) is 8.03. The molecule has 2 atom stereocenters. The number of carboxylic acid groups (broad SMARTS) is 1. The van der Waals surface area contributed by atoms with Gasteiger partial charge in [0.2, 0.25) is 0 Å². The average molecular weight is 388 g/mol. The third-order valence-electron chi connectivity index (χ3n) is 3.68. The molecule has 0 aromatic carbocycles. The van der Waals surface area contributed by atoms with Crippen molar-refractivity contribution in [3.63, 3.8) is 0 Å². The highest BCUT2D eigenvalue weighted by molar-refractivity contribution is 5.88. The van der Waals surface area contributed by atoms with Crippen LogP contribution in [-0.2, 0) is 14.2 Å². The number of rotatable bonds is 4. The van der Waals surface area contributed by atoms with Gasteiger partial charge in [0.15, 0.2) is 0 Å². The summed E-state index contributed by atoms with van der Waals surface area (Å²) in [6.07, 6.45) is -2.34. The summed E-state index contributed by atoms with van der Waals surface area (Å²) in [4.78, 5) is 38.0. The Labute approximate surface area is 160 Å². The second-order valence-corrected chi connectivity index (χ2v) is 8.62. The number of hydrogen-bond donors (Lipinski definition) is 1. The molecule has 3 amide bonds. The molecule has 1 heterocycles. The van der Waals surface area contributed by atoms with Crippen LogP contribution in [0.2, 0.25) is 0 Å². The van der Waals surface area contributed by atoms with E-state index in [0.717, 1.165) is 4.90 Å². The first-order valence-electron chi connectivity index (χ1n) is 9.04. The number of nitrogens with zero attached hydrogens (tertiary/aromatic N) is 2. The molecule has 1 rings (SSSR count). The standard InChI is InChI=1S/C18H32N2O7/c1-12-10-13(11-20(12)14(21)22)25-9-8-19(15(23)26-17(2,3)4)16(24)27-18(5,6)7/h12-13H,8-11H2,1-7H3,(H,21,22)/t12-,13-/m1/s1. The Morgan fingerprint density at radius 1 is 1.04 bits per heavy atom. The maximum absolute atomic E-state index is 12.4. The van der Waals surface area contributed by atoms with E-state index in [-0.39, 0.29) is 31.8 Å². The lowest BCUT2D eigenvalue weighted by molar-refractivity contribution is -0.0102. The van der Waals surface area contributed by atoms with E-state index >= 15 is 0 Å². The Kier molecular flexibility index (Phi) is 7.48. The first-order valence-corrected chi connectivity index (χ1v) is 9.04. The van der Waals surface area contributed by atoms with Crippen molar-refractivity contribution in [1.82, 2.24) is 9.80 Å². The van der Waals surface area contributed by atoms with E-state index in [0.29, 0.717) is 6.42 Å².